The molecule has 5 heteroatoms. The van der Waals surface area contributed by atoms with Crippen molar-refractivity contribution in [1.82, 2.24) is 0 Å². The van der Waals surface area contributed by atoms with Crippen LogP contribution in [0.2, 0.25) is 0 Å². The second-order valence-electron chi connectivity index (χ2n) is 5.65. The number of anilines is 1. The topological polar surface area (TPSA) is 51.8 Å². The predicted molar refractivity (Wildman–Crippen MR) is 71.8 cm³/mol. The van der Waals surface area contributed by atoms with Gasteiger partial charge in [-0.2, -0.15) is 10.4 Å². The zero-order valence-corrected chi connectivity index (χ0v) is 11.0. The van der Waals surface area contributed by atoms with Crippen LogP contribution in [0.3, 0.4) is 0 Å². The molecule has 19 heavy (non-hydrogen) atoms. The van der Waals surface area contributed by atoms with Gasteiger partial charge in [0.2, 0.25) is 0 Å². The number of para-hydroxylation sites is 1. The number of halogens is 1. The summed E-state index contributed by atoms with van der Waals surface area (Å²) < 4.78 is 0. The van der Waals surface area contributed by atoms with Gasteiger partial charge in [-0.25, -0.2) is 5.01 Å². The maximum atomic E-state index is 9.28. The number of nitrogens with zero attached hydrogens (tertiary/aromatic N) is 4. The van der Waals surface area contributed by atoms with Gasteiger partial charge in [-0.1, -0.05) is 23.4 Å². The fraction of sp³-hybridized carbons (Fsp3) is 0.500. The first-order valence-electron chi connectivity index (χ1n) is 6.58. The molecule has 4 nitrogen and oxygen atoms in total. The summed E-state index contributed by atoms with van der Waals surface area (Å²) in [6, 6.07) is 12.8. The molecule has 5 atom stereocenters. The Morgan fingerprint density at radius 3 is 2.89 bits per heavy atom. The molecular formula is C14H13ClN4. The molecule has 2 fully saturated rings. The van der Waals surface area contributed by atoms with Gasteiger partial charge < -0.3 is 0 Å². The normalized spacial score (nSPS) is 42.4. The first-order chi connectivity index (χ1) is 9.23. The van der Waals surface area contributed by atoms with Gasteiger partial charge in [0.15, 0.2) is 0 Å². The summed E-state index contributed by atoms with van der Waals surface area (Å²) in [4.78, 5) is -0.725. The minimum absolute atomic E-state index is 0.0797. The second kappa shape index (κ2) is 3.71. The Bertz CT molecular complexity index is 581. The van der Waals surface area contributed by atoms with Gasteiger partial charge >= 0.3 is 0 Å². The van der Waals surface area contributed by atoms with E-state index in [4.69, 9.17) is 11.6 Å². The van der Waals surface area contributed by atoms with Gasteiger partial charge in [0.1, 0.15) is 10.9 Å². The average molecular weight is 273 g/mol. The third-order valence-corrected chi connectivity index (χ3v) is 5.24. The molecule has 2 aliphatic carbocycles. The van der Waals surface area contributed by atoms with Crippen molar-refractivity contribution < 1.29 is 0 Å². The van der Waals surface area contributed by atoms with Crippen molar-refractivity contribution in [3.8, 4) is 6.07 Å². The van der Waals surface area contributed by atoms with E-state index in [-0.39, 0.29) is 18.0 Å². The van der Waals surface area contributed by atoms with Crippen LogP contribution >= 0.6 is 11.6 Å². The van der Waals surface area contributed by atoms with Crippen LogP contribution in [-0.2, 0) is 0 Å². The second-order valence-corrected chi connectivity index (χ2v) is 6.32. The highest BCUT2D eigenvalue weighted by atomic mass is 35.5. The third-order valence-electron chi connectivity index (χ3n) is 4.72. The van der Waals surface area contributed by atoms with Gasteiger partial charge in [-0.15, -0.1) is 11.6 Å². The number of hydrogen-bond donors (Lipinski definition) is 0. The fourth-order valence-electron chi connectivity index (χ4n) is 3.92. The molecule has 4 rings (SSSR count). The molecule has 1 aliphatic heterocycles. The van der Waals surface area contributed by atoms with E-state index in [0.29, 0.717) is 5.92 Å². The Morgan fingerprint density at radius 2 is 2.16 bits per heavy atom. The molecule has 0 spiro atoms. The SMILES string of the molecule is N#C[C@]1(Cl)C[C@@H]2C[C@H]1[C@@H]1N=NN(c3ccccc3)[C@@H]21. The molecular weight excluding hydrogens is 260 g/mol. The third kappa shape index (κ3) is 1.39. The Labute approximate surface area is 116 Å². The molecule has 0 amide bonds. The Kier molecular flexibility index (Phi) is 2.19. The summed E-state index contributed by atoms with van der Waals surface area (Å²) in [7, 11) is 0. The van der Waals surface area contributed by atoms with Crippen molar-refractivity contribution in [3.63, 3.8) is 0 Å². The van der Waals surface area contributed by atoms with Crippen molar-refractivity contribution in [2.45, 2.75) is 29.8 Å². The van der Waals surface area contributed by atoms with Gasteiger partial charge in [-0.3, -0.25) is 0 Å². The highest BCUT2D eigenvalue weighted by molar-refractivity contribution is 6.26. The van der Waals surface area contributed by atoms with E-state index in [1.54, 1.807) is 0 Å². The lowest BCUT2D eigenvalue weighted by Gasteiger charge is -2.34. The minimum Gasteiger partial charge on any atom is -0.242 e. The van der Waals surface area contributed by atoms with Crippen LogP contribution in [0.15, 0.2) is 40.7 Å². The van der Waals surface area contributed by atoms with Crippen molar-refractivity contribution in [2.75, 3.05) is 5.01 Å². The number of nitriles is 1. The van der Waals surface area contributed by atoms with Gasteiger partial charge in [0.05, 0.1) is 17.8 Å². The van der Waals surface area contributed by atoms with Gasteiger partial charge in [0.25, 0.3) is 0 Å². The maximum absolute atomic E-state index is 9.28. The fourth-order valence-corrected chi connectivity index (χ4v) is 4.33. The monoisotopic (exact) mass is 272 g/mol. The minimum atomic E-state index is -0.725. The van der Waals surface area contributed by atoms with E-state index in [1.807, 2.05) is 35.3 Å². The van der Waals surface area contributed by atoms with Gasteiger partial charge in [-0.05, 0) is 30.9 Å². The first kappa shape index (κ1) is 11.2. The van der Waals surface area contributed by atoms with Crippen molar-refractivity contribution in [1.29, 1.82) is 5.26 Å². The molecule has 96 valence electrons. The number of rotatable bonds is 1. The van der Waals surface area contributed by atoms with Crippen LogP contribution in [0.5, 0.6) is 0 Å². The molecule has 2 bridgehead atoms. The van der Waals surface area contributed by atoms with E-state index in [2.05, 4.69) is 16.4 Å². The molecule has 0 radical (unpaired) electrons. The number of alkyl halides is 1. The lowest BCUT2D eigenvalue weighted by Crippen LogP contribution is -2.46. The van der Waals surface area contributed by atoms with E-state index < -0.39 is 4.87 Å². The van der Waals surface area contributed by atoms with Crippen molar-refractivity contribution >= 4 is 17.3 Å². The van der Waals surface area contributed by atoms with Crippen LogP contribution in [-0.4, -0.2) is 17.0 Å². The highest BCUT2D eigenvalue weighted by Crippen LogP contribution is 2.58. The van der Waals surface area contributed by atoms with Crippen LogP contribution in [0.1, 0.15) is 12.8 Å². The zero-order valence-electron chi connectivity index (χ0n) is 10.3. The molecule has 0 saturated heterocycles. The summed E-state index contributed by atoms with van der Waals surface area (Å²) >= 11 is 6.43. The molecule has 0 unspecified atom stereocenters. The van der Waals surface area contributed by atoms with Gasteiger partial charge in [0, 0.05) is 5.92 Å². The Morgan fingerprint density at radius 1 is 1.37 bits per heavy atom. The molecule has 0 aromatic heterocycles. The quantitative estimate of drug-likeness (QED) is 0.738. The summed E-state index contributed by atoms with van der Waals surface area (Å²) in [5, 5.41) is 20.0. The number of hydrogen-bond acceptors (Lipinski definition) is 4. The largest absolute Gasteiger partial charge is 0.242 e. The molecule has 1 aromatic carbocycles. The van der Waals surface area contributed by atoms with Crippen LogP contribution in [0, 0.1) is 23.2 Å². The van der Waals surface area contributed by atoms with E-state index in [9.17, 15) is 5.26 Å². The van der Waals surface area contributed by atoms with Crippen LogP contribution in [0.4, 0.5) is 5.69 Å². The van der Waals surface area contributed by atoms with E-state index >= 15 is 0 Å². The Hall–Kier alpha value is -1.60. The molecule has 3 aliphatic rings. The highest BCUT2D eigenvalue weighted by Gasteiger charge is 2.64. The lowest BCUT2D eigenvalue weighted by molar-refractivity contribution is 0.349. The van der Waals surface area contributed by atoms with Crippen molar-refractivity contribution in [2.24, 2.45) is 22.2 Å². The summed E-state index contributed by atoms with van der Waals surface area (Å²) in [5.74, 6) is 0.564. The molecule has 1 heterocycles. The molecule has 0 N–H and O–H groups in total. The van der Waals surface area contributed by atoms with E-state index in [1.165, 1.54) is 0 Å². The summed E-state index contributed by atoms with van der Waals surface area (Å²) in [6.45, 7) is 0. The van der Waals surface area contributed by atoms with Crippen LogP contribution < -0.4 is 5.01 Å². The first-order valence-corrected chi connectivity index (χ1v) is 6.96. The zero-order chi connectivity index (χ0) is 13.0. The standard InChI is InChI=1S/C14H13ClN4/c15-14(8-16)7-9-6-11(14)12-13(9)19(18-17-12)10-4-2-1-3-5-10/h1-5,9,11-13H,6-7H2/t9-,11-,12-,13-,14+/m0/s1. The number of benzene rings is 1. The number of fused-ring (bicyclic) bond motifs is 5. The maximum Gasteiger partial charge on any atom is 0.136 e. The predicted octanol–water partition coefficient (Wildman–Crippen LogP) is 3.15. The molecule has 2 saturated carbocycles. The smallest absolute Gasteiger partial charge is 0.136 e. The lowest BCUT2D eigenvalue weighted by atomic mass is 9.82. The van der Waals surface area contributed by atoms with E-state index in [0.717, 1.165) is 18.5 Å². The van der Waals surface area contributed by atoms with Crippen molar-refractivity contribution in [3.05, 3.63) is 30.3 Å². The summed E-state index contributed by atoms with van der Waals surface area (Å²) in [5.41, 5.74) is 1.07. The average Bonchev–Trinajstić information content (AvgIpc) is 3.09. The molecule has 1 aromatic rings. The summed E-state index contributed by atoms with van der Waals surface area (Å²) in [6.07, 6.45) is 1.75. The van der Waals surface area contributed by atoms with Crippen LogP contribution in [0.25, 0.3) is 0 Å². The Balaban J connectivity index is 1.68.